The van der Waals surface area contributed by atoms with Gasteiger partial charge in [-0.25, -0.2) is 0 Å². The van der Waals surface area contributed by atoms with Crippen LogP contribution in [-0.4, -0.2) is 32.6 Å². The summed E-state index contributed by atoms with van der Waals surface area (Å²) in [5.41, 5.74) is 0.863. The molecule has 0 saturated carbocycles. The minimum absolute atomic E-state index is 0.245. The fourth-order valence-electron chi connectivity index (χ4n) is 1.51. The van der Waals surface area contributed by atoms with Gasteiger partial charge in [0.1, 0.15) is 0 Å². The minimum atomic E-state index is -0.742. The van der Waals surface area contributed by atoms with Crippen molar-refractivity contribution in [2.45, 2.75) is 38.5 Å². The average molecular weight is 213 g/mol. The van der Waals surface area contributed by atoms with Crippen LogP contribution in [0, 0.1) is 0 Å². The van der Waals surface area contributed by atoms with E-state index in [0.717, 1.165) is 18.4 Å². The molecule has 0 bridgehead atoms. The molecule has 1 aromatic rings. The molecule has 0 aliphatic heterocycles. The molecule has 2 atom stereocenters. The van der Waals surface area contributed by atoms with Gasteiger partial charge in [-0.05, 0) is 18.1 Å². The molecule has 1 rings (SSSR count). The van der Waals surface area contributed by atoms with Crippen LogP contribution in [0.15, 0.2) is 18.5 Å². The lowest BCUT2D eigenvalue weighted by Gasteiger charge is -2.09. The molecule has 3 N–H and O–H groups in total. The van der Waals surface area contributed by atoms with E-state index >= 15 is 0 Å². The Hall–Kier alpha value is -0.840. The quantitative estimate of drug-likeness (QED) is 0.651. The van der Waals surface area contributed by atoms with E-state index in [1.807, 2.05) is 13.0 Å². The molecular weight excluding hydrogens is 194 g/mol. The van der Waals surface area contributed by atoms with E-state index in [1.165, 1.54) is 0 Å². The second-order valence-electron chi connectivity index (χ2n) is 3.78. The number of hydrogen-bond acceptors (Lipinski definition) is 3. The second kappa shape index (κ2) is 5.90. The summed E-state index contributed by atoms with van der Waals surface area (Å²) in [6, 6.07) is 1.84. The number of rotatable bonds is 6. The largest absolute Gasteiger partial charge is 0.394 e. The van der Waals surface area contributed by atoms with Crippen molar-refractivity contribution < 1.29 is 15.3 Å². The highest BCUT2D eigenvalue weighted by atomic mass is 16.3. The number of aromatic nitrogens is 1. The summed E-state index contributed by atoms with van der Waals surface area (Å²) in [7, 11) is 0. The fourth-order valence-corrected chi connectivity index (χ4v) is 1.51. The number of aliphatic hydroxyl groups excluding tert-OH is 3. The Labute approximate surface area is 89.8 Å². The van der Waals surface area contributed by atoms with Gasteiger partial charge in [-0.15, -0.1) is 0 Å². The molecular formula is C11H19NO3. The maximum atomic E-state index is 9.70. The Kier molecular flexibility index (Phi) is 4.81. The molecule has 0 aromatic carbocycles. The molecule has 0 aliphatic rings. The van der Waals surface area contributed by atoms with Gasteiger partial charge in [-0.3, -0.25) is 0 Å². The highest BCUT2D eigenvalue weighted by Crippen LogP contribution is 2.18. The van der Waals surface area contributed by atoms with Gasteiger partial charge >= 0.3 is 0 Å². The third-order valence-electron chi connectivity index (χ3n) is 2.35. The van der Waals surface area contributed by atoms with Crippen LogP contribution in [0.1, 0.15) is 31.4 Å². The van der Waals surface area contributed by atoms with Crippen molar-refractivity contribution in [1.82, 2.24) is 4.57 Å². The van der Waals surface area contributed by atoms with E-state index in [-0.39, 0.29) is 6.61 Å². The van der Waals surface area contributed by atoms with Crippen molar-refractivity contribution in [3.05, 3.63) is 24.0 Å². The summed E-state index contributed by atoms with van der Waals surface area (Å²) in [5, 5.41) is 27.6. The van der Waals surface area contributed by atoms with E-state index < -0.39 is 12.2 Å². The van der Waals surface area contributed by atoms with Crippen molar-refractivity contribution in [3.63, 3.8) is 0 Å². The van der Waals surface area contributed by atoms with E-state index in [9.17, 15) is 10.2 Å². The van der Waals surface area contributed by atoms with Gasteiger partial charge in [0.25, 0.3) is 0 Å². The molecule has 0 radical (unpaired) electrons. The first kappa shape index (κ1) is 12.2. The lowest BCUT2D eigenvalue weighted by atomic mass is 10.1. The van der Waals surface area contributed by atoms with Crippen molar-refractivity contribution in [3.8, 4) is 0 Å². The van der Waals surface area contributed by atoms with E-state index in [4.69, 9.17) is 5.11 Å². The zero-order chi connectivity index (χ0) is 11.3. The third-order valence-corrected chi connectivity index (χ3v) is 2.35. The molecule has 0 spiro atoms. The molecule has 0 saturated heterocycles. The maximum absolute atomic E-state index is 9.70. The van der Waals surface area contributed by atoms with Crippen LogP contribution in [0.25, 0.3) is 0 Å². The van der Waals surface area contributed by atoms with E-state index in [0.29, 0.717) is 6.54 Å². The van der Waals surface area contributed by atoms with Crippen molar-refractivity contribution in [1.29, 1.82) is 0 Å². The third kappa shape index (κ3) is 3.66. The number of hydrogen-bond donors (Lipinski definition) is 3. The molecule has 0 amide bonds. The number of nitrogens with zero attached hydrogens (tertiary/aromatic N) is 1. The normalized spacial score (nSPS) is 15.2. The van der Waals surface area contributed by atoms with Crippen LogP contribution in [0.4, 0.5) is 0 Å². The smallest absolute Gasteiger partial charge is 0.0949 e. The summed E-state index contributed by atoms with van der Waals surface area (Å²) in [4.78, 5) is 0. The van der Waals surface area contributed by atoms with Crippen molar-refractivity contribution >= 4 is 0 Å². The molecule has 4 heteroatoms. The molecule has 15 heavy (non-hydrogen) atoms. The molecule has 1 heterocycles. The fraction of sp³-hybridized carbons (Fsp3) is 0.636. The van der Waals surface area contributed by atoms with Gasteiger partial charge < -0.3 is 19.9 Å². The van der Waals surface area contributed by atoms with Gasteiger partial charge in [0.05, 0.1) is 25.4 Å². The molecule has 4 nitrogen and oxygen atoms in total. The van der Waals surface area contributed by atoms with Crippen LogP contribution in [0.5, 0.6) is 0 Å². The Morgan fingerprint density at radius 3 is 2.73 bits per heavy atom. The average Bonchev–Trinajstić information content (AvgIpc) is 2.66. The molecule has 86 valence electrons. The Morgan fingerprint density at radius 2 is 2.13 bits per heavy atom. The van der Waals surface area contributed by atoms with Gasteiger partial charge in [0.2, 0.25) is 0 Å². The Balaban J connectivity index is 2.55. The van der Waals surface area contributed by atoms with Crippen LogP contribution >= 0.6 is 0 Å². The first-order chi connectivity index (χ1) is 7.17. The predicted octanol–water partition coefficient (Wildman–Crippen LogP) is 0.675. The van der Waals surface area contributed by atoms with Crippen LogP contribution in [-0.2, 0) is 6.54 Å². The lowest BCUT2D eigenvalue weighted by Crippen LogP contribution is -2.18. The standard InChI is InChI=1S/C11H19NO3/c1-2-3-11(15)9-4-5-12(6-9)7-10(14)8-13/h4-6,10-11,13-15H,2-3,7-8H2,1H3. The Bertz CT molecular complexity index is 285. The molecule has 0 aliphatic carbocycles. The maximum Gasteiger partial charge on any atom is 0.0949 e. The first-order valence-corrected chi connectivity index (χ1v) is 5.30. The highest BCUT2D eigenvalue weighted by Gasteiger charge is 2.09. The van der Waals surface area contributed by atoms with E-state index in [1.54, 1.807) is 17.0 Å². The molecule has 1 aromatic heterocycles. The topological polar surface area (TPSA) is 65.6 Å². The van der Waals surface area contributed by atoms with Crippen molar-refractivity contribution in [2.75, 3.05) is 6.61 Å². The minimum Gasteiger partial charge on any atom is -0.394 e. The summed E-state index contributed by atoms with van der Waals surface area (Å²) in [5.74, 6) is 0. The number of aliphatic hydroxyl groups is 3. The van der Waals surface area contributed by atoms with Gasteiger partial charge in [-0.2, -0.15) is 0 Å². The van der Waals surface area contributed by atoms with Gasteiger partial charge in [0.15, 0.2) is 0 Å². The summed E-state index contributed by atoms with van der Waals surface area (Å²) < 4.78 is 1.77. The van der Waals surface area contributed by atoms with Crippen LogP contribution in [0.2, 0.25) is 0 Å². The Morgan fingerprint density at radius 1 is 1.40 bits per heavy atom. The predicted molar refractivity (Wildman–Crippen MR) is 57.4 cm³/mol. The second-order valence-corrected chi connectivity index (χ2v) is 3.78. The zero-order valence-electron chi connectivity index (χ0n) is 9.00. The zero-order valence-corrected chi connectivity index (χ0v) is 9.00. The summed E-state index contributed by atoms with van der Waals surface area (Å²) in [6.45, 7) is 2.14. The molecule has 2 unspecified atom stereocenters. The van der Waals surface area contributed by atoms with Crippen LogP contribution < -0.4 is 0 Å². The van der Waals surface area contributed by atoms with Gasteiger partial charge in [-0.1, -0.05) is 13.3 Å². The molecule has 0 fully saturated rings. The summed E-state index contributed by atoms with van der Waals surface area (Å²) in [6.07, 6.45) is 4.11. The van der Waals surface area contributed by atoms with Crippen molar-refractivity contribution in [2.24, 2.45) is 0 Å². The van der Waals surface area contributed by atoms with Crippen LogP contribution in [0.3, 0.4) is 0 Å². The van der Waals surface area contributed by atoms with Gasteiger partial charge in [0, 0.05) is 12.4 Å². The lowest BCUT2D eigenvalue weighted by molar-refractivity contribution is 0.0811. The monoisotopic (exact) mass is 213 g/mol. The summed E-state index contributed by atoms with van der Waals surface area (Å²) >= 11 is 0. The van der Waals surface area contributed by atoms with E-state index in [2.05, 4.69) is 0 Å². The SMILES string of the molecule is CCCC(O)c1ccn(CC(O)CO)c1. The first-order valence-electron chi connectivity index (χ1n) is 5.30. The highest BCUT2D eigenvalue weighted by molar-refractivity contribution is 5.13.